The standard InChI is InChI=1S/C22H27N5O2.HI/c1-4-20-26-21(29-27-20)17-11-9-16(10-12-17)13-14-24-22(23-2)25-15-18-7-5-6-8-19(18)28-3;/h5-12H,4,13-15H2,1-3H3,(H2,23,24,25);1H. The average Bonchev–Trinajstić information content (AvgIpc) is 3.26. The van der Waals surface area contributed by atoms with Gasteiger partial charge in [0.2, 0.25) is 0 Å². The van der Waals surface area contributed by atoms with Gasteiger partial charge >= 0.3 is 0 Å². The Balaban J connectivity index is 0.00000320. The second kappa shape index (κ2) is 12.2. The Morgan fingerprint density at radius 3 is 2.53 bits per heavy atom. The lowest BCUT2D eigenvalue weighted by Gasteiger charge is -2.13. The van der Waals surface area contributed by atoms with Crippen LogP contribution < -0.4 is 15.4 Å². The molecule has 0 atom stereocenters. The maximum atomic E-state index is 5.38. The Labute approximate surface area is 194 Å². The highest BCUT2D eigenvalue weighted by molar-refractivity contribution is 14.0. The first-order valence-electron chi connectivity index (χ1n) is 9.71. The highest BCUT2D eigenvalue weighted by atomic mass is 127. The van der Waals surface area contributed by atoms with E-state index in [-0.39, 0.29) is 24.0 Å². The number of aryl methyl sites for hydroxylation is 1. The molecule has 0 saturated heterocycles. The molecule has 0 amide bonds. The van der Waals surface area contributed by atoms with Gasteiger partial charge < -0.3 is 19.9 Å². The molecule has 0 radical (unpaired) electrons. The van der Waals surface area contributed by atoms with Crippen LogP contribution in [0, 0.1) is 0 Å². The van der Waals surface area contributed by atoms with Crippen molar-refractivity contribution >= 4 is 29.9 Å². The number of benzene rings is 2. The SMILES string of the molecule is CCc1noc(-c2ccc(CCNC(=NC)NCc3ccccc3OC)cc2)n1.I. The fourth-order valence-corrected chi connectivity index (χ4v) is 2.90. The molecule has 0 aliphatic carbocycles. The molecule has 8 heteroatoms. The quantitative estimate of drug-likeness (QED) is 0.266. The van der Waals surface area contributed by atoms with Crippen molar-refractivity contribution in [2.24, 2.45) is 4.99 Å². The predicted octanol–water partition coefficient (Wildman–Crippen LogP) is 3.83. The van der Waals surface area contributed by atoms with Gasteiger partial charge in [-0.2, -0.15) is 4.98 Å². The van der Waals surface area contributed by atoms with Gasteiger partial charge in [-0.1, -0.05) is 42.4 Å². The summed E-state index contributed by atoms with van der Waals surface area (Å²) in [4.78, 5) is 8.64. The third kappa shape index (κ3) is 6.45. The fraction of sp³-hybridized carbons (Fsp3) is 0.318. The van der Waals surface area contributed by atoms with Crippen molar-refractivity contribution in [1.82, 2.24) is 20.8 Å². The highest BCUT2D eigenvalue weighted by Crippen LogP contribution is 2.18. The van der Waals surface area contributed by atoms with Crippen LogP contribution in [0.4, 0.5) is 0 Å². The molecule has 2 aromatic carbocycles. The normalized spacial score (nSPS) is 11.0. The molecule has 1 aromatic heterocycles. The second-order valence-electron chi connectivity index (χ2n) is 6.48. The molecule has 160 valence electrons. The molecule has 0 saturated carbocycles. The predicted molar refractivity (Wildman–Crippen MR) is 129 cm³/mol. The van der Waals surface area contributed by atoms with Gasteiger partial charge in [0.25, 0.3) is 5.89 Å². The molecule has 0 spiro atoms. The number of nitrogens with zero attached hydrogens (tertiary/aromatic N) is 3. The molecule has 0 aliphatic heterocycles. The van der Waals surface area contributed by atoms with Gasteiger partial charge in [0, 0.05) is 37.7 Å². The van der Waals surface area contributed by atoms with Crippen LogP contribution in [0.5, 0.6) is 5.75 Å². The third-order valence-corrected chi connectivity index (χ3v) is 4.55. The zero-order chi connectivity index (χ0) is 20.5. The van der Waals surface area contributed by atoms with Gasteiger partial charge in [0.05, 0.1) is 7.11 Å². The first kappa shape index (κ1) is 23.7. The Morgan fingerprint density at radius 2 is 1.87 bits per heavy atom. The Bertz CT molecular complexity index is 941. The molecule has 0 unspecified atom stereocenters. The van der Waals surface area contributed by atoms with E-state index in [0.717, 1.165) is 48.0 Å². The fourth-order valence-electron chi connectivity index (χ4n) is 2.90. The minimum Gasteiger partial charge on any atom is -0.496 e. The summed E-state index contributed by atoms with van der Waals surface area (Å²) in [7, 11) is 3.44. The van der Waals surface area contributed by atoms with E-state index in [1.54, 1.807) is 14.2 Å². The summed E-state index contributed by atoms with van der Waals surface area (Å²) in [6.45, 7) is 3.41. The zero-order valence-electron chi connectivity index (χ0n) is 17.5. The van der Waals surface area contributed by atoms with Crippen molar-refractivity contribution in [3.8, 4) is 17.2 Å². The van der Waals surface area contributed by atoms with Crippen LogP contribution in [0.15, 0.2) is 58.0 Å². The summed E-state index contributed by atoms with van der Waals surface area (Å²) in [5.74, 6) is 2.90. The maximum absolute atomic E-state index is 5.38. The Morgan fingerprint density at radius 1 is 1.10 bits per heavy atom. The van der Waals surface area contributed by atoms with Gasteiger partial charge in [0.15, 0.2) is 11.8 Å². The monoisotopic (exact) mass is 521 g/mol. The van der Waals surface area contributed by atoms with Gasteiger partial charge in [-0.25, -0.2) is 0 Å². The number of methoxy groups -OCH3 is 1. The first-order valence-corrected chi connectivity index (χ1v) is 9.71. The maximum Gasteiger partial charge on any atom is 0.257 e. The van der Waals surface area contributed by atoms with E-state index in [2.05, 4.69) is 37.9 Å². The number of para-hydroxylation sites is 1. The second-order valence-corrected chi connectivity index (χ2v) is 6.48. The van der Waals surface area contributed by atoms with Crippen LogP contribution in [-0.4, -0.2) is 36.8 Å². The van der Waals surface area contributed by atoms with E-state index in [1.165, 1.54) is 5.56 Å². The number of halogens is 1. The van der Waals surface area contributed by atoms with E-state index < -0.39 is 0 Å². The van der Waals surface area contributed by atoms with Crippen LogP contribution >= 0.6 is 24.0 Å². The van der Waals surface area contributed by atoms with Crippen LogP contribution in [0.2, 0.25) is 0 Å². The Hall–Kier alpha value is -2.62. The third-order valence-electron chi connectivity index (χ3n) is 4.55. The van der Waals surface area contributed by atoms with Gasteiger partial charge in [-0.3, -0.25) is 4.99 Å². The summed E-state index contributed by atoms with van der Waals surface area (Å²) in [5, 5.41) is 10.6. The minimum absolute atomic E-state index is 0. The van der Waals surface area contributed by atoms with Gasteiger partial charge in [-0.05, 0) is 30.2 Å². The lowest BCUT2D eigenvalue weighted by atomic mass is 10.1. The summed E-state index contributed by atoms with van der Waals surface area (Å²) in [5.41, 5.74) is 3.24. The smallest absolute Gasteiger partial charge is 0.257 e. The van der Waals surface area contributed by atoms with Crippen LogP contribution in [0.25, 0.3) is 11.5 Å². The average molecular weight is 521 g/mol. The van der Waals surface area contributed by atoms with Crippen molar-refractivity contribution in [3.05, 3.63) is 65.5 Å². The van der Waals surface area contributed by atoms with E-state index in [1.807, 2.05) is 43.3 Å². The molecule has 0 bridgehead atoms. The number of hydrogen-bond donors (Lipinski definition) is 2. The number of nitrogens with one attached hydrogen (secondary N) is 2. The first-order chi connectivity index (χ1) is 14.2. The number of hydrogen-bond acceptors (Lipinski definition) is 5. The lowest BCUT2D eigenvalue weighted by molar-refractivity contribution is 0.409. The molecule has 7 nitrogen and oxygen atoms in total. The van der Waals surface area contributed by atoms with E-state index in [4.69, 9.17) is 9.26 Å². The van der Waals surface area contributed by atoms with Crippen molar-refractivity contribution in [2.45, 2.75) is 26.3 Å². The number of guanidine groups is 1. The van der Waals surface area contributed by atoms with E-state index >= 15 is 0 Å². The zero-order valence-corrected chi connectivity index (χ0v) is 19.8. The molecule has 1 heterocycles. The number of aliphatic imine (C=N–C) groups is 1. The number of rotatable bonds is 8. The molecule has 3 aromatic rings. The largest absolute Gasteiger partial charge is 0.496 e. The lowest BCUT2D eigenvalue weighted by Crippen LogP contribution is -2.37. The molecule has 3 rings (SSSR count). The number of aromatic nitrogens is 2. The summed E-state index contributed by atoms with van der Waals surface area (Å²) < 4.78 is 10.7. The van der Waals surface area contributed by atoms with E-state index in [0.29, 0.717) is 12.4 Å². The molecule has 0 fully saturated rings. The van der Waals surface area contributed by atoms with Crippen molar-refractivity contribution in [1.29, 1.82) is 0 Å². The summed E-state index contributed by atoms with van der Waals surface area (Å²) in [6, 6.07) is 16.1. The van der Waals surface area contributed by atoms with Crippen LogP contribution in [-0.2, 0) is 19.4 Å². The molecule has 30 heavy (non-hydrogen) atoms. The molecular formula is C22H28IN5O2. The summed E-state index contributed by atoms with van der Waals surface area (Å²) >= 11 is 0. The molecular weight excluding hydrogens is 493 g/mol. The van der Waals surface area contributed by atoms with Crippen molar-refractivity contribution in [2.75, 3.05) is 20.7 Å². The molecule has 0 aliphatic rings. The van der Waals surface area contributed by atoms with Gasteiger partial charge in [-0.15, -0.1) is 24.0 Å². The summed E-state index contributed by atoms with van der Waals surface area (Å²) in [6.07, 6.45) is 1.64. The Kier molecular flexibility index (Phi) is 9.59. The van der Waals surface area contributed by atoms with Crippen LogP contribution in [0.3, 0.4) is 0 Å². The highest BCUT2D eigenvalue weighted by Gasteiger charge is 2.07. The molecule has 2 N–H and O–H groups in total. The topological polar surface area (TPSA) is 84.6 Å². The van der Waals surface area contributed by atoms with E-state index in [9.17, 15) is 0 Å². The van der Waals surface area contributed by atoms with Crippen molar-refractivity contribution < 1.29 is 9.26 Å². The van der Waals surface area contributed by atoms with Crippen LogP contribution in [0.1, 0.15) is 23.9 Å². The van der Waals surface area contributed by atoms with Crippen molar-refractivity contribution in [3.63, 3.8) is 0 Å². The van der Waals surface area contributed by atoms with Gasteiger partial charge in [0.1, 0.15) is 5.75 Å². The number of ether oxygens (including phenoxy) is 1. The minimum atomic E-state index is 0.